The molecule has 2 nitrogen and oxygen atoms in total. The molecule has 88 valence electrons. The molecule has 1 N–H and O–H groups in total. The van der Waals surface area contributed by atoms with Crippen molar-refractivity contribution in [2.45, 2.75) is 13.3 Å². The molecule has 0 aromatic heterocycles. The molecule has 2 aromatic rings. The molecule has 0 heterocycles. The number of carboxylic acids is 1. The predicted octanol–water partition coefficient (Wildman–Crippen LogP) is 3.54. The molecule has 2 rings (SSSR count). The predicted molar refractivity (Wildman–Crippen MR) is 69.1 cm³/mol. The Kier molecular flexibility index (Phi) is 4.46. The van der Waals surface area contributed by atoms with Crippen LogP contribution in [-0.4, -0.2) is 11.1 Å². The molecule has 0 radical (unpaired) electrons. The van der Waals surface area contributed by atoms with Crippen LogP contribution in [0.3, 0.4) is 0 Å². The van der Waals surface area contributed by atoms with Crippen molar-refractivity contribution in [2.75, 3.05) is 0 Å². The third-order valence-electron chi connectivity index (χ3n) is 2.51. The highest BCUT2D eigenvalue weighted by Crippen LogP contribution is 2.24. The molecule has 0 aliphatic carbocycles. The zero-order chi connectivity index (χ0) is 11.4. The van der Waals surface area contributed by atoms with Gasteiger partial charge in [0.15, 0.2) is 0 Å². The molecule has 0 bridgehead atoms. The third kappa shape index (κ3) is 2.94. The quantitative estimate of drug-likeness (QED) is 0.872. The number of carboxylic acid groups (broad SMARTS) is 1. The Morgan fingerprint density at radius 1 is 0.824 bits per heavy atom. The van der Waals surface area contributed by atoms with Crippen LogP contribution in [0.4, 0.5) is 0 Å². The third-order valence-corrected chi connectivity index (χ3v) is 2.51. The van der Waals surface area contributed by atoms with E-state index in [0.717, 1.165) is 11.1 Å². The lowest BCUT2D eigenvalue weighted by atomic mass is 9.92. The Hall–Kier alpha value is -2.09. The first-order valence-corrected chi connectivity index (χ1v) is 5.12. The monoisotopic (exact) mass is 228 g/mol. The van der Waals surface area contributed by atoms with Crippen molar-refractivity contribution >= 4 is 5.97 Å². The first-order valence-electron chi connectivity index (χ1n) is 5.12. The second-order valence-corrected chi connectivity index (χ2v) is 3.59. The first-order chi connectivity index (χ1) is 7.79. The molecule has 0 saturated heterocycles. The van der Waals surface area contributed by atoms with Crippen LogP contribution in [0.1, 0.15) is 24.5 Å². The van der Waals surface area contributed by atoms with Gasteiger partial charge in [0.25, 0.3) is 0 Å². The van der Waals surface area contributed by atoms with E-state index in [-0.39, 0.29) is 7.43 Å². The van der Waals surface area contributed by atoms with Gasteiger partial charge >= 0.3 is 5.97 Å². The van der Waals surface area contributed by atoms with Gasteiger partial charge in [0, 0.05) is 0 Å². The molecule has 0 atom stereocenters. The van der Waals surface area contributed by atoms with E-state index in [1.165, 1.54) is 0 Å². The second-order valence-electron chi connectivity index (χ2n) is 3.59. The normalized spacial score (nSPS) is 9.71. The summed E-state index contributed by atoms with van der Waals surface area (Å²) in [5.74, 6) is -1.40. The van der Waals surface area contributed by atoms with Gasteiger partial charge in [-0.1, -0.05) is 68.1 Å². The van der Waals surface area contributed by atoms with E-state index in [1.807, 2.05) is 60.7 Å². The average Bonchev–Trinajstić information content (AvgIpc) is 2.31. The Balaban J connectivity index is 0.00000144. The van der Waals surface area contributed by atoms with Gasteiger partial charge in [0.05, 0.1) is 0 Å². The molecule has 0 aliphatic heterocycles. The summed E-state index contributed by atoms with van der Waals surface area (Å²) in [5.41, 5.74) is 1.61. The fourth-order valence-electron chi connectivity index (χ4n) is 1.77. The number of aliphatic carboxylic acids is 1. The van der Waals surface area contributed by atoms with Crippen molar-refractivity contribution in [2.24, 2.45) is 0 Å². The van der Waals surface area contributed by atoms with Gasteiger partial charge in [-0.3, -0.25) is 4.79 Å². The van der Waals surface area contributed by atoms with E-state index in [0.29, 0.717) is 0 Å². The van der Waals surface area contributed by atoms with Crippen LogP contribution in [0.25, 0.3) is 0 Å². The highest BCUT2D eigenvalue weighted by molar-refractivity contribution is 5.80. The minimum absolute atomic E-state index is 0. The number of benzene rings is 2. The molecule has 0 fully saturated rings. The summed E-state index contributed by atoms with van der Waals surface area (Å²) in [7, 11) is 0. The second kappa shape index (κ2) is 5.85. The smallest absolute Gasteiger partial charge is 0.315 e. The highest BCUT2D eigenvalue weighted by atomic mass is 16.4. The van der Waals surface area contributed by atoms with Crippen molar-refractivity contribution in [1.29, 1.82) is 0 Å². The molecule has 0 saturated carbocycles. The molecular weight excluding hydrogens is 212 g/mol. The molecular formula is C15H16O2. The van der Waals surface area contributed by atoms with Gasteiger partial charge in [-0.2, -0.15) is 0 Å². The summed E-state index contributed by atoms with van der Waals surface area (Å²) in [6, 6.07) is 18.5. The SMILES string of the molecule is C.O=C(O)C(c1ccccc1)c1ccccc1. The summed E-state index contributed by atoms with van der Waals surface area (Å²) in [5, 5.41) is 9.28. The van der Waals surface area contributed by atoms with Crippen molar-refractivity contribution in [3.63, 3.8) is 0 Å². The highest BCUT2D eigenvalue weighted by Gasteiger charge is 2.20. The first kappa shape index (κ1) is 13.0. The number of rotatable bonds is 3. The van der Waals surface area contributed by atoms with Crippen LogP contribution >= 0.6 is 0 Å². The van der Waals surface area contributed by atoms with Crippen LogP contribution in [0.2, 0.25) is 0 Å². The fourth-order valence-corrected chi connectivity index (χ4v) is 1.77. The van der Waals surface area contributed by atoms with Crippen molar-refractivity contribution in [3.05, 3.63) is 71.8 Å². The van der Waals surface area contributed by atoms with E-state index in [2.05, 4.69) is 0 Å². The Bertz CT molecular complexity index is 423. The standard InChI is InChI=1S/C14H12O2.CH4/c15-14(16)13(11-7-3-1-4-8-11)12-9-5-2-6-10-12;/h1-10,13H,(H,15,16);1H4. The van der Waals surface area contributed by atoms with E-state index in [9.17, 15) is 9.90 Å². The molecule has 0 amide bonds. The van der Waals surface area contributed by atoms with Gasteiger partial charge in [0.2, 0.25) is 0 Å². The van der Waals surface area contributed by atoms with Gasteiger partial charge in [-0.25, -0.2) is 0 Å². The summed E-state index contributed by atoms with van der Waals surface area (Å²) in [6.45, 7) is 0. The summed E-state index contributed by atoms with van der Waals surface area (Å²) < 4.78 is 0. The summed E-state index contributed by atoms with van der Waals surface area (Å²) >= 11 is 0. The lowest BCUT2D eigenvalue weighted by molar-refractivity contribution is -0.137. The maximum absolute atomic E-state index is 11.3. The van der Waals surface area contributed by atoms with Gasteiger partial charge in [-0.15, -0.1) is 0 Å². The van der Waals surface area contributed by atoms with Gasteiger partial charge in [-0.05, 0) is 11.1 Å². The lowest BCUT2D eigenvalue weighted by Gasteiger charge is -2.12. The van der Waals surface area contributed by atoms with Gasteiger partial charge in [0.1, 0.15) is 5.92 Å². The summed E-state index contributed by atoms with van der Waals surface area (Å²) in [6.07, 6.45) is 0. The number of hydrogen-bond donors (Lipinski definition) is 1. The maximum atomic E-state index is 11.3. The topological polar surface area (TPSA) is 37.3 Å². The maximum Gasteiger partial charge on any atom is 0.315 e. The van der Waals surface area contributed by atoms with E-state index in [1.54, 1.807) is 0 Å². The zero-order valence-corrected chi connectivity index (χ0v) is 8.71. The van der Waals surface area contributed by atoms with E-state index in [4.69, 9.17) is 0 Å². The number of carbonyl (C=O) groups is 1. The fraction of sp³-hybridized carbons (Fsp3) is 0.133. The van der Waals surface area contributed by atoms with Gasteiger partial charge < -0.3 is 5.11 Å². The minimum Gasteiger partial charge on any atom is -0.481 e. The van der Waals surface area contributed by atoms with Crippen LogP contribution < -0.4 is 0 Å². The molecule has 0 spiro atoms. The van der Waals surface area contributed by atoms with Crippen molar-refractivity contribution in [1.82, 2.24) is 0 Å². The Morgan fingerprint density at radius 2 is 1.18 bits per heavy atom. The molecule has 2 aromatic carbocycles. The zero-order valence-electron chi connectivity index (χ0n) is 8.71. The number of hydrogen-bond acceptors (Lipinski definition) is 1. The van der Waals surface area contributed by atoms with Crippen molar-refractivity contribution in [3.8, 4) is 0 Å². The molecule has 17 heavy (non-hydrogen) atoms. The van der Waals surface area contributed by atoms with Crippen LogP contribution in [0.5, 0.6) is 0 Å². The van der Waals surface area contributed by atoms with E-state index < -0.39 is 11.9 Å². The van der Waals surface area contributed by atoms with Crippen LogP contribution in [-0.2, 0) is 4.79 Å². The lowest BCUT2D eigenvalue weighted by Crippen LogP contribution is -2.12. The Morgan fingerprint density at radius 3 is 1.47 bits per heavy atom. The van der Waals surface area contributed by atoms with E-state index >= 15 is 0 Å². The minimum atomic E-state index is -0.822. The van der Waals surface area contributed by atoms with Crippen LogP contribution in [0.15, 0.2) is 60.7 Å². The molecule has 2 heteroatoms. The summed E-state index contributed by atoms with van der Waals surface area (Å²) in [4.78, 5) is 11.3. The average molecular weight is 228 g/mol. The molecule has 0 aliphatic rings. The van der Waals surface area contributed by atoms with Crippen molar-refractivity contribution < 1.29 is 9.90 Å². The van der Waals surface area contributed by atoms with Crippen LogP contribution in [0, 0.1) is 0 Å². The largest absolute Gasteiger partial charge is 0.481 e. The molecule has 0 unspecified atom stereocenters. The Labute approximate surface area is 102 Å².